The Morgan fingerprint density at radius 1 is 1.03 bits per heavy atom. The monoisotopic (exact) mass is 434 g/mol. The number of ether oxygens (including phenoxy) is 1. The Bertz CT molecular complexity index is 1090. The number of anilines is 1. The van der Waals surface area contributed by atoms with Crippen LogP contribution in [0.4, 0.5) is 10.1 Å². The molecule has 0 atom stereocenters. The Kier molecular flexibility index (Phi) is 6.01. The van der Waals surface area contributed by atoms with Crippen molar-refractivity contribution in [3.05, 3.63) is 76.9 Å². The number of nitrogens with zero attached hydrogens (tertiary/aromatic N) is 3. The van der Waals surface area contributed by atoms with Gasteiger partial charge in [-0.1, -0.05) is 12.1 Å². The summed E-state index contributed by atoms with van der Waals surface area (Å²) in [5.41, 5.74) is 5.27. The molecular weight excluding hydrogens is 407 g/mol. The molecule has 0 spiro atoms. The summed E-state index contributed by atoms with van der Waals surface area (Å²) in [4.78, 5) is 15.4. The lowest BCUT2D eigenvalue weighted by atomic mass is 10.1. The molecule has 0 radical (unpaired) electrons. The molecular formula is C25H27FN4O2. The smallest absolute Gasteiger partial charge is 0.276 e. The van der Waals surface area contributed by atoms with Crippen molar-refractivity contribution in [2.24, 2.45) is 0 Å². The average Bonchev–Trinajstić information content (AvgIpc) is 3.43. The molecule has 3 aromatic rings. The lowest BCUT2D eigenvalue weighted by molar-refractivity contribution is 0.0384. The second-order valence-electron chi connectivity index (χ2n) is 8.37. The van der Waals surface area contributed by atoms with E-state index >= 15 is 0 Å². The first-order valence-electron chi connectivity index (χ1n) is 11.2. The van der Waals surface area contributed by atoms with Crippen molar-refractivity contribution in [3.8, 4) is 5.69 Å². The van der Waals surface area contributed by atoms with E-state index in [9.17, 15) is 9.18 Å². The van der Waals surface area contributed by atoms with E-state index in [2.05, 4.69) is 27.4 Å². The molecule has 1 fully saturated rings. The van der Waals surface area contributed by atoms with Crippen LogP contribution in [0.1, 0.15) is 33.7 Å². The number of aromatic nitrogens is 2. The zero-order valence-electron chi connectivity index (χ0n) is 18.0. The van der Waals surface area contributed by atoms with Crippen molar-refractivity contribution in [1.29, 1.82) is 0 Å². The molecule has 1 N–H and O–H groups in total. The van der Waals surface area contributed by atoms with E-state index in [-0.39, 0.29) is 11.7 Å². The molecule has 1 aliphatic carbocycles. The summed E-state index contributed by atoms with van der Waals surface area (Å²) in [6.45, 7) is 4.62. The van der Waals surface area contributed by atoms with Gasteiger partial charge < -0.3 is 10.1 Å². The maximum absolute atomic E-state index is 13.3. The number of rotatable bonds is 6. The van der Waals surface area contributed by atoms with Gasteiger partial charge in [0.25, 0.3) is 5.91 Å². The van der Waals surface area contributed by atoms with Crippen LogP contribution in [0.5, 0.6) is 0 Å². The number of hydrogen-bond acceptors (Lipinski definition) is 4. The highest BCUT2D eigenvalue weighted by Gasteiger charge is 2.27. The molecule has 5 rings (SSSR count). The van der Waals surface area contributed by atoms with Crippen molar-refractivity contribution in [3.63, 3.8) is 0 Å². The summed E-state index contributed by atoms with van der Waals surface area (Å²) < 4.78 is 20.5. The molecule has 32 heavy (non-hydrogen) atoms. The molecule has 0 unspecified atom stereocenters. The van der Waals surface area contributed by atoms with E-state index in [1.165, 1.54) is 17.7 Å². The number of halogens is 1. The van der Waals surface area contributed by atoms with E-state index in [0.717, 1.165) is 81.2 Å². The molecule has 7 heteroatoms. The Balaban J connectivity index is 1.27. The van der Waals surface area contributed by atoms with Crippen molar-refractivity contribution < 1.29 is 13.9 Å². The van der Waals surface area contributed by atoms with Crippen LogP contribution in [0.3, 0.4) is 0 Å². The van der Waals surface area contributed by atoms with E-state index in [4.69, 9.17) is 4.74 Å². The fourth-order valence-electron chi connectivity index (χ4n) is 4.47. The molecule has 0 saturated carbocycles. The minimum Gasteiger partial charge on any atom is -0.379 e. The first-order valence-corrected chi connectivity index (χ1v) is 11.2. The quantitative estimate of drug-likeness (QED) is 0.644. The van der Waals surface area contributed by atoms with Crippen LogP contribution >= 0.6 is 0 Å². The number of carbonyl (C=O) groups is 1. The zero-order chi connectivity index (χ0) is 21.9. The largest absolute Gasteiger partial charge is 0.379 e. The average molecular weight is 435 g/mol. The molecule has 2 aliphatic rings. The molecule has 1 aromatic heterocycles. The van der Waals surface area contributed by atoms with Crippen LogP contribution in [0.2, 0.25) is 0 Å². The number of nitrogens with one attached hydrogen (secondary N) is 1. The topological polar surface area (TPSA) is 59.4 Å². The standard InChI is InChI=1S/C25H27FN4O2/c26-19-6-10-21(11-7-19)30-23-3-1-2-22(23)24(28-30)25(31)27-20-8-4-18(5-9-20)12-13-29-14-16-32-17-15-29/h4-11H,1-3,12-17H2,(H,27,31). The van der Waals surface area contributed by atoms with E-state index < -0.39 is 0 Å². The van der Waals surface area contributed by atoms with Crippen LogP contribution in [0.25, 0.3) is 5.69 Å². The third-order valence-electron chi connectivity index (χ3n) is 6.25. The fraction of sp³-hybridized carbons (Fsp3) is 0.360. The third kappa shape index (κ3) is 4.45. The van der Waals surface area contributed by atoms with Crippen molar-refractivity contribution in [2.75, 3.05) is 38.2 Å². The highest BCUT2D eigenvalue weighted by Crippen LogP contribution is 2.28. The summed E-state index contributed by atoms with van der Waals surface area (Å²) in [6.07, 6.45) is 3.67. The van der Waals surface area contributed by atoms with Gasteiger partial charge >= 0.3 is 0 Å². The molecule has 1 amide bonds. The van der Waals surface area contributed by atoms with Crippen LogP contribution < -0.4 is 5.32 Å². The van der Waals surface area contributed by atoms with Crippen LogP contribution in [-0.4, -0.2) is 53.4 Å². The Labute approximate surface area is 187 Å². The molecule has 0 bridgehead atoms. The van der Waals surface area contributed by atoms with E-state index in [1.54, 1.807) is 16.8 Å². The number of fused-ring (bicyclic) bond motifs is 1. The predicted octanol–water partition coefficient (Wildman–Crippen LogP) is 3.63. The summed E-state index contributed by atoms with van der Waals surface area (Å²) in [7, 11) is 0. The second-order valence-corrected chi connectivity index (χ2v) is 8.37. The van der Waals surface area contributed by atoms with Crippen molar-refractivity contribution >= 4 is 11.6 Å². The summed E-state index contributed by atoms with van der Waals surface area (Å²) in [5.74, 6) is -0.492. The van der Waals surface area contributed by atoms with Gasteiger partial charge in [-0.25, -0.2) is 9.07 Å². The number of carbonyl (C=O) groups excluding carboxylic acids is 1. The second kappa shape index (κ2) is 9.22. The van der Waals surface area contributed by atoms with Gasteiger partial charge in [0.15, 0.2) is 5.69 Å². The molecule has 6 nitrogen and oxygen atoms in total. The van der Waals surface area contributed by atoms with Gasteiger partial charge in [-0.05, 0) is 67.6 Å². The molecule has 2 aromatic carbocycles. The van der Waals surface area contributed by atoms with Crippen molar-refractivity contribution in [2.45, 2.75) is 25.7 Å². The van der Waals surface area contributed by atoms with Gasteiger partial charge in [-0.2, -0.15) is 5.10 Å². The number of amides is 1. The Morgan fingerprint density at radius 3 is 2.53 bits per heavy atom. The normalized spacial score (nSPS) is 16.2. The van der Waals surface area contributed by atoms with Gasteiger partial charge in [0.2, 0.25) is 0 Å². The first kappa shape index (κ1) is 20.8. The fourth-order valence-corrected chi connectivity index (χ4v) is 4.47. The minimum atomic E-state index is -0.288. The predicted molar refractivity (Wildman–Crippen MR) is 121 cm³/mol. The maximum atomic E-state index is 13.3. The highest BCUT2D eigenvalue weighted by atomic mass is 19.1. The Hall–Kier alpha value is -3.03. The summed E-state index contributed by atoms with van der Waals surface area (Å²) >= 11 is 0. The molecule has 2 heterocycles. The van der Waals surface area contributed by atoms with E-state index in [0.29, 0.717) is 5.69 Å². The molecule has 1 aliphatic heterocycles. The maximum Gasteiger partial charge on any atom is 0.276 e. The van der Waals surface area contributed by atoms with Gasteiger partial charge in [0.1, 0.15) is 5.82 Å². The van der Waals surface area contributed by atoms with Gasteiger partial charge in [-0.15, -0.1) is 0 Å². The van der Waals surface area contributed by atoms with Crippen LogP contribution in [0.15, 0.2) is 48.5 Å². The number of morpholine rings is 1. The van der Waals surface area contributed by atoms with Gasteiger partial charge in [-0.3, -0.25) is 9.69 Å². The zero-order valence-corrected chi connectivity index (χ0v) is 18.0. The van der Waals surface area contributed by atoms with Gasteiger partial charge in [0.05, 0.1) is 18.9 Å². The van der Waals surface area contributed by atoms with Crippen molar-refractivity contribution in [1.82, 2.24) is 14.7 Å². The molecule has 166 valence electrons. The Morgan fingerprint density at radius 2 is 1.78 bits per heavy atom. The highest BCUT2D eigenvalue weighted by molar-refractivity contribution is 6.04. The summed E-state index contributed by atoms with van der Waals surface area (Å²) in [6, 6.07) is 14.2. The SMILES string of the molecule is O=C(Nc1ccc(CCN2CCOCC2)cc1)c1nn(-c2ccc(F)cc2)c2c1CCC2. The lowest BCUT2D eigenvalue weighted by Crippen LogP contribution is -2.37. The summed E-state index contributed by atoms with van der Waals surface area (Å²) in [5, 5.41) is 7.59. The van der Waals surface area contributed by atoms with Gasteiger partial charge in [0, 0.05) is 36.6 Å². The third-order valence-corrected chi connectivity index (χ3v) is 6.25. The van der Waals surface area contributed by atoms with Crippen LogP contribution in [-0.2, 0) is 24.0 Å². The lowest BCUT2D eigenvalue weighted by Gasteiger charge is -2.26. The molecule has 1 saturated heterocycles. The van der Waals surface area contributed by atoms with Crippen LogP contribution in [0, 0.1) is 5.82 Å². The number of benzene rings is 2. The first-order chi connectivity index (χ1) is 15.7. The van der Waals surface area contributed by atoms with E-state index in [1.807, 2.05) is 12.1 Å². The minimum absolute atomic E-state index is 0.204. The number of hydrogen-bond donors (Lipinski definition) is 1.